The molecule has 2 aliphatic heterocycles. The van der Waals surface area contributed by atoms with Crippen molar-refractivity contribution in [3.05, 3.63) is 23.0 Å². The van der Waals surface area contributed by atoms with E-state index in [2.05, 4.69) is 34.2 Å². The quantitative estimate of drug-likeness (QED) is 0.603. The zero-order valence-electron chi connectivity index (χ0n) is 17.8. The Morgan fingerprint density at radius 1 is 1.13 bits per heavy atom. The van der Waals surface area contributed by atoms with Gasteiger partial charge in [-0.1, -0.05) is 24.4 Å². The van der Waals surface area contributed by atoms with Crippen molar-refractivity contribution < 1.29 is 9.13 Å². The number of anilines is 1. The fraction of sp³-hybridized carbons (Fsp3) is 0.636. The molecule has 8 heteroatoms. The van der Waals surface area contributed by atoms with Gasteiger partial charge >= 0.3 is 6.01 Å². The number of aromatic nitrogens is 2. The van der Waals surface area contributed by atoms with Crippen LogP contribution in [0.15, 0.2) is 12.1 Å². The van der Waals surface area contributed by atoms with Crippen molar-refractivity contribution >= 4 is 28.3 Å². The van der Waals surface area contributed by atoms with Crippen molar-refractivity contribution in [3.8, 4) is 6.01 Å². The molecule has 0 aliphatic carbocycles. The van der Waals surface area contributed by atoms with Crippen LogP contribution in [-0.4, -0.2) is 67.3 Å². The first-order chi connectivity index (χ1) is 14.5. The summed E-state index contributed by atoms with van der Waals surface area (Å²) in [4.78, 5) is 13.5. The Kier molecular flexibility index (Phi) is 6.91. The maximum Gasteiger partial charge on any atom is 0.319 e. The summed E-state index contributed by atoms with van der Waals surface area (Å²) in [5.74, 6) is 0.286. The van der Waals surface area contributed by atoms with Gasteiger partial charge in [-0.15, -0.1) is 0 Å². The molecule has 0 unspecified atom stereocenters. The molecule has 0 spiro atoms. The molecule has 2 aromatic rings. The summed E-state index contributed by atoms with van der Waals surface area (Å²) in [5.41, 5.74) is 0.274. The largest absolute Gasteiger partial charge is 0.463 e. The zero-order valence-corrected chi connectivity index (χ0v) is 18.6. The van der Waals surface area contributed by atoms with Crippen molar-refractivity contribution in [1.29, 1.82) is 0 Å². The Hall–Kier alpha value is -1.70. The van der Waals surface area contributed by atoms with Gasteiger partial charge in [0.1, 0.15) is 11.3 Å². The first kappa shape index (κ1) is 21.5. The summed E-state index contributed by atoms with van der Waals surface area (Å²) < 4.78 is 20.5. The Morgan fingerprint density at radius 3 is 2.60 bits per heavy atom. The Balaban J connectivity index is 1.48. The highest BCUT2D eigenvalue weighted by Crippen LogP contribution is 2.33. The van der Waals surface area contributed by atoms with Crippen molar-refractivity contribution in [2.75, 3.05) is 45.2 Å². The molecule has 1 aromatic carbocycles. The van der Waals surface area contributed by atoms with Crippen molar-refractivity contribution in [2.24, 2.45) is 0 Å². The van der Waals surface area contributed by atoms with E-state index in [9.17, 15) is 4.39 Å². The van der Waals surface area contributed by atoms with Crippen LogP contribution in [0.4, 0.5) is 10.2 Å². The molecule has 2 aliphatic rings. The summed E-state index contributed by atoms with van der Waals surface area (Å²) in [6.45, 7) is 3.34. The zero-order chi connectivity index (χ0) is 21.1. The van der Waals surface area contributed by atoms with Crippen LogP contribution in [0.3, 0.4) is 0 Å². The number of nitrogens with one attached hydrogen (secondary N) is 1. The molecule has 0 amide bonds. The van der Waals surface area contributed by atoms with Gasteiger partial charge in [-0.05, 0) is 58.5 Å². The minimum Gasteiger partial charge on any atom is -0.463 e. The highest BCUT2D eigenvalue weighted by Gasteiger charge is 2.33. The fourth-order valence-electron chi connectivity index (χ4n) is 4.44. The molecule has 164 valence electrons. The van der Waals surface area contributed by atoms with Crippen LogP contribution in [0.2, 0.25) is 5.02 Å². The summed E-state index contributed by atoms with van der Waals surface area (Å²) in [6, 6.07) is 4.20. The molecule has 2 atom stereocenters. The van der Waals surface area contributed by atoms with Crippen molar-refractivity contribution in [3.63, 3.8) is 0 Å². The van der Waals surface area contributed by atoms with E-state index in [1.54, 1.807) is 6.07 Å². The van der Waals surface area contributed by atoms with E-state index in [-0.39, 0.29) is 11.5 Å². The highest BCUT2D eigenvalue weighted by atomic mass is 35.5. The number of ether oxygens (including phenoxy) is 1. The van der Waals surface area contributed by atoms with Crippen LogP contribution in [0.25, 0.3) is 10.9 Å². The van der Waals surface area contributed by atoms with Gasteiger partial charge < -0.3 is 19.9 Å². The lowest BCUT2D eigenvalue weighted by atomic mass is 10.1. The molecule has 0 radical (unpaired) electrons. The number of nitrogens with zero attached hydrogens (tertiary/aromatic N) is 4. The second-order valence-electron chi connectivity index (χ2n) is 8.72. The summed E-state index contributed by atoms with van der Waals surface area (Å²) >= 11 is 6.15. The fourth-order valence-corrected chi connectivity index (χ4v) is 4.65. The second-order valence-corrected chi connectivity index (χ2v) is 9.16. The molecule has 4 rings (SSSR count). The maximum absolute atomic E-state index is 14.7. The Bertz CT molecular complexity index is 868. The molecule has 1 aromatic heterocycles. The summed E-state index contributed by atoms with van der Waals surface area (Å²) in [7, 11) is 4.18. The molecule has 3 heterocycles. The Morgan fingerprint density at radius 2 is 1.87 bits per heavy atom. The molecule has 2 bridgehead atoms. The van der Waals surface area contributed by atoms with Crippen LogP contribution in [0, 0.1) is 5.82 Å². The molecule has 30 heavy (non-hydrogen) atoms. The van der Waals surface area contributed by atoms with E-state index in [1.807, 2.05) is 0 Å². The number of piperazine rings is 1. The Labute approximate surface area is 182 Å². The third-order valence-electron chi connectivity index (χ3n) is 5.92. The summed E-state index contributed by atoms with van der Waals surface area (Å²) in [6.07, 6.45) is 6.71. The third kappa shape index (κ3) is 5.13. The number of unbranched alkanes of at least 4 members (excludes halogenated alkanes) is 3. The van der Waals surface area contributed by atoms with Gasteiger partial charge in [0.15, 0.2) is 5.82 Å². The third-order valence-corrected chi connectivity index (χ3v) is 6.14. The van der Waals surface area contributed by atoms with E-state index in [0.717, 1.165) is 51.1 Å². The van der Waals surface area contributed by atoms with Gasteiger partial charge in [0.25, 0.3) is 0 Å². The number of fused-ring (bicyclic) bond motifs is 3. The van der Waals surface area contributed by atoms with Crippen LogP contribution < -0.4 is 15.0 Å². The molecule has 0 saturated carbocycles. The predicted octanol–water partition coefficient (Wildman–Crippen LogP) is 3.86. The normalized spacial score (nSPS) is 21.0. The van der Waals surface area contributed by atoms with Gasteiger partial charge in [-0.25, -0.2) is 4.39 Å². The van der Waals surface area contributed by atoms with Gasteiger partial charge in [0.2, 0.25) is 0 Å². The molecular formula is C22H31ClFN5O. The number of benzene rings is 1. The number of halogens is 2. The van der Waals surface area contributed by atoms with Crippen LogP contribution in [-0.2, 0) is 0 Å². The minimum absolute atomic E-state index is 0.248. The highest BCUT2D eigenvalue weighted by molar-refractivity contribution is 6.31. The van der Waals surface area contributed by atoms with E-state index >= 15 is 0 Å². The second kappa shape index (κ2) is 9.62. The first-order valence-corrected chi connectivity index (χ1v) is 11.3. The number of hydrogen-bond donors (Lipinski definition) is 1. The topological polar surface area (TPSA) is 53.5 Å². The van der Waals surface area contributed by atoms with E-state index in [4.69, 9.17) is 21.3 Å². The minimum atomic E-state index is -0.437. The lowest BCUT2D eigenvalue weighted by Crippen LogP contribution is -2.51. The van der Waals surface area contributed by atoms with Crippen LogP contribution in [0.1, 0.15) is 38.5 Å². The standard InChI is InChI=1S/C22H31ClFN5O/c1-28(2)9-5-3-4-6-10-30-22-26-20-18(11-15(23)12-19(20)24)21(27-22)29-13-16-7-8-17(14-29)25-16/h11-12,16-17,25H,3-10,13-14H2,1-2H3/t16-,17+. The lowest BCUT2D eigenvalue weighted by Gasteiger charge is -2.34. The molecule has 2 saturated heterocycles. The van der Waals surface area contributed by atoms with Gasteiger partial charge in [-0.2, -0.15) is 9.97 Å². The first-order valence-electron chi connectivity index (χ1n) is 10.9. The smallest absolute Gasteiger partial charge is 0.319 e. The average molecular weight is 436 g/mol. The number of hydrogen-bond acceptors (Lipinski definition) is 6. The van der Waals surface area contributed by atoms with E-state index in [1.165, 1.54) is 18.9 Å². The molecule has 2 fully saturated rings. The SMILES string of the molecule is CN(C)CCCCCCOc1nc(N2C[C@H]3CC[C@@H](C2)N3)c2cc(Cl)cc(F)c2n1. The van der Waals surface area contributed by atoms with Crippen molar-refractivity contribution in [2.45, 2.75) is 50.6 Å². The monoisotopic (exact) mass is 435 g/mol. The van der Waals surface area contributed by atoms with E-state index in [0.29, 0.717) is 29.1 Å². The molecular weight excluding hydrogens is 405 g/mol. The van der Waals surface area contributed by atoms with Crippen molar-refractivity contribution in [1.82, 2.24) is 20.2 Å². The molecule has 6 nitrogen and oxygen atoms in total. The number of rotatable bonds is 9. The predicted molar refractivity (Wildman–Crippen MR) is 119 cm³/mol. The van der Waals surface area contributed by atoms with Crippen LogP contribution in [0.5, 0.6) is 6.01 Å². The average Bonchev–Trinajstić information content (AvgIpc) is 3.04. The van der Waals surface area contributed by atoms with Gasteiger partial charge in [-0.3, -0.25) is 0 Å². The summed E-state index contributed by atoms with van der Waals surface area (Å²) in [5, 5.41) is 4.63. The molecule has 1 N–H and O–H groups in total. The van der Waals surface area contributed by atoms with Crippen LogP contribution >= 0.6 is 11.6 Å². The van der Waals surface area contributed by atoms with E-state index < -0.39 is 5.82 Å². The maximum atomic E-state index is 14.7. The van der Waals surface area contributed by atoms with Gasteiger partial charge in [0, 0.05) is 35.6 Å². The van der Waals surface area contributed by atoms with Gasteiger partial charge in [0.05, 0.1) is 6.61 Å². The lowest BCUT2D eigenvalue weighted by molar-refractivity contribution is 0.280.